The first kappa shape index (κ1) is 20.4. The molecule has 0 saturated heterocycles. The second kappa shape index (κ2) is 9.14. The van der Waals surface area contributed by atoms with Gasteiger partial charge >= 0.3 is 5.97 Å². The summed E-state index contributed by atoms with van der Waals surface area (Å²) in [5.41, 5.74) is 1.12. The highest BCUT2D eigenvalue weighted by atomic mass is 16.5. The number of rotatable bonds is 8. The number of carbonyl (C=O) groups is 3. The van der Waals surface area contributed by atoms with Gasteiger partial charge in [-0.05, 0) is 33.3 Å². The van der Waals surface area contributed by atoms with E-state index >= 15 is 0 Å². The molecule has 0 bridgehead atoms. The van der Waals surface area contributed by atoms with Crippen molar-refractivity contribution in [3.8, 4) is 0 Å². The number of nitrogens with one attached hydrogen (secondary N) is 2. The van der Waals surface area contributed by atoms with Crippen molar-refractivity contribution in [1.29, 1.82) is 0 Å². The van der Waals surface area contributed by atoms with E-state index in [1.807, 2.05) is 37.3 Å². The van der Waals surface area contributed by atoms with Gasteiger partial charge in [0.05, 0.1) is 18.7 Å². The fourth-order valence-corrected chi connectivity index (χ4v) is 2.73. The minimum atomic E-state index is -0.708. The van der Waals surface area contributed by atoms with Gasteiger partial charge in [-0.2, -0.15) is 0 Å². The van der Waals surface area contributed by atoms with Crippen molar-refractivity contribution in [2.24, 2.45) is 0 Å². The maximum absolute atomic E-state index is 12.3. The van der Waals surface area contributed by atoms with Gasteiger partial charge in [-0.1, -0.05) is 30.3 Å². The largest absolute Gasteiger partial charge is 0.462 e. The Hall–Kier alpha value is -2.93. The summed E-state index contributed by atoms with van der Waals surface area (Å²) in [5.74, 6) is -1.26. The van der Waals surface area contributed by atoms with Gasteiger partial charge in [-0.25, -0.2) is 4.79 Å². The van der Waals surface area contributed by atoms with Crippen LogP contribution in [0.5, 0.6) is 0 Å². The third kappa shape index (κ3) is 5.04. The number of Topliss-reactive ketones (excluding diaryl/α,β-unsaturated/α-hetero) is 1. The zero-order valence-corrected chi connectivity index (χ0v) is 15.9. The lowest BCUT2D eigenvalue weighted by molar-refractivity contribution is -0.115. The molecule has 0 aliphatic heterocycles. The Morgan fingerprint density at radius 3 is 2.41 bits per heavy atom. The van der Waals surface area contributed by atoms with Gasteiger partial charge in [0, 0.05) is 6.04 Å². The Labute approximate surface area is 158 Å². The minimum absolute atomic E-state index is 0.00742. The molecule has 0 aliphatic carbocycles. The fourth-order valence-electron chi connectivity index (χ4n) is 2.73. The van der Waals surface area contributed by atoms with Gasteiger partial charge in [-0.3, -0.25) is 14.9 Å². The van der Waals surface area contributed by atoms with Crippen molar-refractivity contribution in [2.75, 3.05) is 18.5 Å². The molecule has 0 saturated carbocycles. The van der Waals surface area contributed by atoms with E-state index in [4.69, 9.17) is 9.15 Å². The van der Waals surface area contributed by atoms with Crippen molar-refractivity contribution in [3.63, 3.8) is 0 Å². The molecule has 7 heteroatoms. The van der Waals surface area contributed by atoms with Gasteiger partial charge in [0.2, 0.25) is 11.8 Å². The molecule has 1 atom stereocenters. The molecular weight excluding hydrogens is 348 g/mol. The molecule has 0 fully saturated rings. The van der Waals surface area contributed by atoms with Gasteiger partial charge in [0.25, 0.3) is 0 Å². The predicted molar refractivity (Wildman–Crippen MR) is 101 cm³/mol. The Balaban J connectivity index is 2.12. The van der Waals surface area contributed by atoms with Crippen LogP contribution < -0.4 is 10.6 Å². The Morgan fingerprint density at radius 1 is 1.15 bits per heavy atom. The van der Waals surface area contributed by atoms with Crippen LogP contribution in [0, 0.1) is 6.92 Å². The molecule has 1 heterocycles. The second-order valence-corrected chi connectivity index (χ2v) is 6.08. The standard InChI is InChI=1S/C20H24N2O5/c1-5-26-20(25)18-17(13(3)23)14(4)27-19(18)22-16(24)11-21-12(2)15-9-7-6-8-10-15/h6-10,12,21H,5,11H2,1-4H3,(H,22,24)/t12-/m1/s1. The lowest BCUT2D eigenvalue weighted by Gasteiger charge is -2.13. The first-order valence-corrected chi connectivity index (χ1v) is 8.74. The molecule has 2 N–H and O–H groups in total. The van der Waals surface area contributed by atoms with Gasteiger partial charge < -0.3 is 14.5 Å². The van der Waals surface area contributed by atoms with E-state index in [2.05, 4.69) is 10.6 Å². The van der Waals surface area contributed by atoms with Crippen LogP contribution in [0.3, 0.4) is 0 Å². The molecule has 1 aromatic carbocycles. The van der Waals surface area contributed by atoms with Crippen molar-refractivity contribution in [2.45, 2.75) is 33.7 Å². The third-order valence-corrected chi connectivity index (χ3v) is 4.04. The van der Waals surface area contributed by atoms with Crippen LogP contribution in [0.25, 0.3) is 0 Å². The molecule has 27 heavy (non-hydrogen) atoms. The lowest BCUT2D eigenvalue weighted by atomic mass is 10.1. The number of hydrogen-bond donors (Lipinski definition) is 2. The molecule has 1 aromatic heterocycles. The minimum Gasteiger partial charge on any atom is -0.462 e. The van der Waals surface area contributed by atoms with Crippen LogP contribution in [0.1, 0.15) is 58.9 Å². The Morgan fingerprint density at radius 2 is 1.81 bits per heavy atom. The molecular formula is C20H24N2O5. The predicted octanol–water partition coefficient (Wildman–Crippen LogP) is 3.26. The summed E-state index contributed by atoms with van der Waals surface area (Å²) in [6.07, 6.45) is 0. The van der Waals surface area contributed by atoms with Crippen LogP contribution in [0.15, 0.2) is 34.7 Å². The number of anilines is 1. The smallest absolute Gasteiger partial charge is 0.344 e. The van der Waals surface area contributed by atoms with E-state index in [0.717, 1.165) is 5.56 Å². The van der Waals surface area contributed by atoms with Crippen LogP contribution in [0.2, 0.25) is 0 Å². The second-order valence-electron chi connectivity index (χ2n) is 6.08. The normalized spacial score (nSPS) is 11.7. The monoisotopic (exact) mass is 372 g/mol. The molecule has 0 unspecified atom stereocenters. The first-order valence-electron chi connectivity index (χ1n) is 8.74. The van der Waals surface area contributed by atoms with Gasteiger partial charge in [0.15, 0.2) is 5.78 Å². The highest BCUT2D eigenvalue weighted by Crippen LogP contribution is 2.28. The van der Waals surface area contributed by atoms with E-state index < -0.39 is 11.9 Å². The average Bonchev–Trinajstić information content (AvgIpc) is 2.96. The highest BCUT2D eigenvalue weighted by molar-refractivity contribution is 6.10. The zero-order chi connectivity index (χ0) is 20.0. The Kier molecular flexibility index (Phi) is 6.90. The van der Waals surface area contributed by atoms with E-state index in [1.54, 1.807) is 13.8 Å². The molecule has 0 spiro atoms. The average molecular weight is 372 g/mol. The van der Waals surface area contributed by atoms with Crippen molar-refractivity contribution in [3.05, 3.63) is 52.8 Å². The van der Waals surface area contributed by atoms with E-state index in [0.29, 0.717) is 0 Å². The topological polar surface area (TPSA) is 97.6 Å². The number of carbonyl (C=O) groups excluding carboxylic acids is 3. The maximum atomic E-state index is 12.3. The molecule has 1 amide bonds. The summed E-state index contributed by atoms with van der Waals surface area (Å²) < 4.78 is 10.4. The number of ketones is 1. The number of furan rings is 1. The van der Waals surface area contributed by atoms with E-state index in [-0.39, 0.29) is 47.7 Å². The summed E-state index contributed by atoms with van der Waals surface area (Å²) in [4.78, 5) is 36.4. The van der Waals surface area contributed by atoms with Crippen molar-refractivity contribution >= 4 is 23.5 Å². The van der Waals surface area contributed by atoms with Gasteiger partial charge in [0.1, 0.15) is 11.3 Å². The molecule has 2 rings (SSSR count). The summed E-state index contributed by atoms with van der Waals surface area (Å²) in [7, 11) is 0. The summed E-state index contributed by atoms with van der Waals surface area (Å²) in [6, 6.07) is 9.66. The lowest BCUT2D eigenvalue weighted by Crippen LogP contribution is -2.30. The molecule has 0 aliphatic rings. The van der Waals surface area contributed by atoms with Crippen LogP contribution in [-0.4, -0.2) is 30.8 Å². The maximum Gasteiger partial charge on any atom is 0.344 e. The summed E-state index contributed by atoms with van der Waals surface area (Å²) in [5, 5.41) is 5.65. The number of amides is 1. The molecule has 2 aromatic rings. The summed E-state index contributed by atoms with van der Waals surface area (Å²) in [6.45, 7) is 6.64. The van der Waals surface area contributed by atoms with Crippen molar-refractivity contribution < 1.29 is 23.5 Å². The van der Waals surface area contributed by atoms with Crippen molar-refractivity contribution in [1.82, 2.24) is 5.32 Å². The summed E-state index contributed by atoms with van der Waals surface area (Å²) >= 11 is 0. The quantitative estimate of drug-likeness (QED) is 0.545. The van der Waals surface area contributed by atoms with Gasteiger partial charge in [-0.15, -0.1) is 0 Å². The molecule has 7 nitrogen and oxygen atoms in total. The van der Waals surface area contributed by atoms with Crippen LogP contribution >= 0.6 is 0 Å². The number of aryl methyl sites for hydroxylation is 1. The Bertz CT molecular complexity index is 826. The van der Waals surface area contributed by atoms with Crippen LogP contribution in [-0.2, 0) is 9.53 Å². The number of benzene rings is 1. The number of hydrogen-bond acceptors (Lipinski definition) is 6. The highest BCUT2D eigenvalue weighted by Gasteiger charge is 2.28. The van der Waals surface area contributed by atoms with E-state index in [1.165, 1.54) is 6.92 Å². The SMILES string of the molecule is CCOC(=O)c1c(NC(=O)CN[C@H](C)c2ccccc2)oc(C)c1C(C)=O. The fraction of sp³-hybridized carbons (Fsp3) is 0.350. The number of ether oxygens (including phenoxy) is 1. The third-order valence-electron chi connectivity index (χ3n) is 4.04. The van der Waals surface area contributed by atoms with E-state index in [9.17, 15) is 14.4 Å². The molecule has 0 radical (unpaired) electrons. The first-order chi connectivity index (χ1) is 12.8. The van der Waals surface area contributed by atoms with Crippen LogP contribution in [0.4, 0.5) is 5.88 Å². The number of esters is 1. The molecule has 144 valence electrons. The zero-order valence-electron chi connectivity index (χ0n) is 15.9.